The summed E-state index contributed by atoms with van der Waals surface area (Å²) >= 11 is 1.45. The Kier molecular flexibility index (Phi) is 4.59. The van der Waals surface area contributed by atoms with Gasteiger partial charge in [0.15, 0.2) is 33.6 Å². The number of ether oxygens (including phenoxy) is 2. The smallest absolute Gasteiger partial charge is 0.231 e. The molecule has 0 unspecified atom stereocenters. The van der Waals surface area contributed by atoms with Crippen LogP contribution < -0.4 is 20.5 Å². The fourth-order valence-electron chi connectivity index (χ4n) is 3.18. The van der Waals surface area contributed by atoms with Gasteiger partial charge in [-0.25, -0.2) is 15.0 Å². The van der Waals surface area contributed by atoms with Gasteiger partial charge in [-0.15, -0.1) is 0 Å². The Bertz CT molecular complexity index is 1220. The molecule has 4 aromatic rings. The number of benzene rings is 1. The summed E-state index contributed by atoms with van der Waals surface area (Å²) < 4.78 is 13.1. The van der Waals surface area contributed by atoms with Crippen molar-refractivity contribution in [3.05, 3.63) is 30.7 Å². The van der Waals surface area contributed by atoms with Gasteiger partial charge in [-0.05, 0) is 18.2 Å². The molecule has 0 spiro atoms. The normalized spacial score (nSPS) is 12.4. The molecule has 0 aliphatic carbocycles. The lowest BCUT2D eigenvalue weighted by Crippen LogP contribution is -2.18. The second kappa shape index (κ2) is 7.55. The zero-order chi connectivity index (χ0) is 20.5. The van der Waals surface area contributed by atoms with E-state index in [-0.39, 0.29) is 6.79 Å². The second-order valence-corrected chi connectivity index (χ2v) is 7.35. The van der Waals surface area contributed by atoms with Gasteiger partial charge in [-0.2, -0.15) is 5.10 Å². The van der Waals surface area contributed by atoms with Crippen molar-refractivity contribution in [2.45, 2.75) is 16.6 Å². The van der Waals surface area contributed by atoms with Crippen LogP contribution in [0.1, 0.15) is 0 Å². The Labute approximate surface area is 174 Å². The third-order valence-electron chi connectivity index (χ3n) is 4.56. The van der Waals surface area contributed by atoms with E-state index in [0.717, 1.165) is 22.5 Å². The lowest BCUT2D eigenvalue weighted by Gasteiger charge is -2.11. The Hall–Kier alpha value is -3.80. The number of H-pyrrole nitrogens is 1. The van der Waals surface area contributed by atoms with Gasteiger partial charge in [-0.1, -0.05) is 11.8 Å². The molecule has 4 heterocycles. The van der Waals surface area contributed by atoms with E-state index in [1.54, 1.807) is 6.20 Å². The average molecular weight is 423 g/mol. The van der Waals surface area contributed by atoms with Gasteiger partial charge in [0.05, 0.1) is 12.0 Å². The molecule has 30 heavy (non-hydrogen) atoms. The Morgan fingerprint density at radius 1 is 1.30 bits per heavy atom. The summed E-state index contributed by atoms with van der Waals surface area (Å²) in [4.78, 5) is 14.0. The summed E-state index contributed by atoms with van der Waals surface area (Å²) in [6.07, 6.45) is 4.34. The second-order valence-electron chi connectivity index (χ2n) is 6.34. The Morgan fingerprint density at radius 2 is 2.17 bits per heavy atom. The monoisotopic (exact) mass is 423 g/mol. The van der Waals surface area contributed by atoms with Crippen LogP contribution in [0.3, 0.4) is 0 Å². The highest BCUT2D eigenvalue weighted by Gasteiger charge is 2.22. The van der Waals surface area contributed by atoms with Gasteiger partial charge in [0.25, 0.3) is 0 Å². The van der Waals surface area contributed by atoms with Gasteiger partial charge in [0.1, 0.15) is 6.33 Å². The first-order valence-corrected chi connectivity index (χ1v) is 9.87. The molecule has 0 fully saturated rings. The summed E-state index contributed by atoms with van der Waals surface area (Å²) in [5.41, 5.74) is 8.88. The lowest BCUT2D eigenvalue weighted by molar-refractivity contribution is 0.174. The standard InChI is InChI=1S/C18H17N9O2S/c19-7-21-3-4-27-17-15(16(20)22-8-23-17)25-18(27)30-14-6-13-12(28-9-29-13)5-10(14)11-1-2-24-26-11/h1-2,5-8H,3-4,9H2,(H2,19,21)(H,24,26)(H2,20,22,23). The predicted molar refractivity (Wildman–Crippen MR) is 111 cm³/mol. The molecule has 5 N–H and O–H groups in total. The number of aromatic amines is 1. The van der Waals surface area contributed by atoms with E-state index in [1.807, 2.05) is 22.8 Å². The topological polar surface area (TPSA) is 153 Å². The zero-order valence-electron chi connectivity index (χ0n) is 15.6. The largest absolute Gasteiger partial charge is 0.454 e. The molecule has 12 heteroatoms. The minimum absolute atomic E-state index is 0.184. The minimum atomic E-state index is 0.184. The molecule has 1 aliphatic rings. The highest BCUT2D eigenvalue weighted by Crippen LogP contribution is 2.44. The molecule has 1 aliphatic heterocycles. The number of rotatable bonds is 7. The predicted octanol–water partition coefficient (Wildman–Crippen LogP) is 1.88. The summed E-state index contributed by atoms with van der Waals surface area (Å²) in [5.74, 6) is 1.67. The molecule has 11 nitrogen and oxygen atoms in total. The molecule has 0 saturated carbocycles. The molecule has 0 amide bonds. The van der Waals surface area contributed by atoms with Gasteiger partial charge in [0.2, 0.25) is 6.79 Å². The van der Waals surface area contributed by atoms with Crippen LogP contribution >= 0.6 is 11.8 Å². The molecule has 3 aromatic heterocycles. The van der Waals surface area contributed by atoms with Gasteiger partial charge >= 0.3 is 0 Å². The molecule has 0 radical (unpaired) electrons. The Morgan fingerprint density at radius 3 is 2.97 bits per heavy atom. The van der Waals surface area contributed by atoms with Crippen LogP contribution in [0.5, 0.6) is 11.5 Å². The van der Waals surface area contributed by atoms with Crippen LogP contribution in [0.2, 0.25) is 0 Å². The number of hydrogen-bond donors (Lipinski definition) is 4. The van der Waals surface area contributed by atoms with Crippen LogP contribution in [0.15, 0.2) is 40.8 Å². The number of aromatic nitrogens is 6. The zero-order valence-corrected chi connectivity index (χ0v) is 16.4. The number of fused-ring (bicyclic) bond motifs is 2. The number of imidazole rings is 1. The number of nitrogens with zero attached hydrogens (tertiary/aromatic N) is 5. The first-order valence-electron chi connectivity index (χ1n) is 9.05. The molecule has 1 aromatic carbocycles. The van der Waals surface area contributed by atoms with Crippen molar-refractivity contribution < 1.29 is 9.47 Å². The molecular formula is C18H17N9O2S. The summed E-state index contributed by atoms with van der Waals surface area (Å²) in [7, 11) is 0. The highest BCUT2D eigenvalue weighted by molar-refractivity contribution is 7.99. The average Bonchev–Trinajstić information content (AvgIpc) is 3.48. The summed E-state index contributed by atoms with van der Waals surface area (Å²) in [6, 6.07) is 5.73. The van der Waals surface area contributed by atoms with Crippen molar-refractivity contribution in [1.29, 1.82) is 5.41 Å². The van der Waals surface area contributed by atoms with Crippen LogP contribution in [0.25, 0.3) is 22.4 Å². The highest BCUT2D eigenvalue weighted by atomic mass is 32.2. The summed E-state index contributed by atoms with van der Waals surface area (Å²) in [5, 5.41) is 17.9. The number of nitrogen functional groups attached to an aromatic ring is 1. The maximum atomic E-state index is 7.19. The van der Waals surface area contributed by atoms with Crippen molar-refractivity contribution in [2.24, 2.45) is 0 Å². The number of nitrogens with two attached hydrogens (primary N) is 1. The van der Waals surface area contributed by atoms with Crippen LogP contribution in [0, 0.1) is 5.41 Å². The van der Waals surface area contributed by atoms with Gasteiger partial charge in [0, 0.05) is 29.7 Å². The first kappa shape index (κ1) is 18.2. The fourth-order valence-corrected chi connectivity index (χ4v) is 4.24. The van der Waals surface area contributed by atoms with Gasteiger partial charge in [-0.3, -0.25) is 10.5 Å². The molecular weight excluding hydrogens is 406 g/mol. The van der Waals surface area contributed by atoms with E-state index in [1.165, 1.54) is 18.1 Å². The first-order chi connectivity index (χ1) is 14.7. The third kappa shape index (κ3) is 3.16. The summed E-state index contributed by atoms with van der Waals surface area (Å²) in [6.45, 7) is 1.27. The van der Waals surface area contributed by atoms with Crippen molar-refractivity contribution >= 4 is 35.1 Å². The van der Waals surface area contributed by atoms with E-state index >= 15 is 0 Å². The van der Waals surface area contributed by atoms with E-state index in [9.17, 15) is 0 Å². The molecule has 5 rings (SSSR count). The molecule has 0 bridgehead atoms. The van der Waals surface area contributed by atoms with Crippen molar-refractivity contribution in [2.75, 3.05) is 19.1 Å². The quantitative estimate of drug-likeness (QED) is 0.198. The SMILES string of the molecule is N=CNCCn1c(Sc2cc3c(cc2-c2cc[nH]n2)OCO3)nc2c(N)ncnc21. The maximum absolute atomic E-state index is 7.19. The maximum Gasteiger partial charge on any atom is 0.231 e. The van der Waals surface area contributed by atoms with Gasteiger partial charge < -0.3 is 25.1 Å². The fraction of sp³-hybridized carbons (Fsp3) is 0.167. The number of hydrogen-bond acceptors (Lipinski definition) is 9. The van der Waals surface area contributed by atoms with E-state index in [0.29, 0.717) is 46.7 Å². The molecule has 0 atom stereocenters. The Balaban J connectivity index is 1.61. The number of nitrogens with one attached hydrogen (secondary N) is 3. The van der Waals surface area contributed by atoms with Crippen LogP contribution in [-0.2, 0) is 6.54 Å². The minimum Gasteiger partial charge on any atom is -0.454 e. The number of anilines is 1. The van der Waals surface area contributed by atoms with Crippen LogP contribution in [-0.4, -0.2) is 49.4 Å². The van der Waals surface area contributed by atoms with E-state index < -0.39 is 0 Å². The lowest BCUT2D eigenvalue weighted by atomic mass is 10.1. The van der Waals surface area contributed by atoms with Crippen molar-refractivity contribution in [1.82, 2.24) is 35.0 Å². The van der Waals surface area contributed by atoms with E-state index in [4.69, 9.17) is 25.6 Å². The molecule has 0 saturated heterocycles. The van der Waals surface area contributed by atoms with Crippen molar-refractivity contribution in [3.8, 4) is 22.8 Å². The van der Waals surface area contributed by atoms with E-state index in [2.05, 4.69) is 25.5 Å². The van der Waals surface area contributed by atoms with Crippen LogP contribution in [0.4, 0.5) is 5.82 Å². The van der Waals surface area contributed by atoms with Crippen molar-refractivity contribution in [3.63, 3.8) is 0 Å². The molecule has 152 valence electrons. The third-order valence-corrected chi connectivity index (χ3v) is 5.61.